The average Bonchev–Trinajstić information content (AvgIpc) is 2.79. The van der Waals surface area contributed by atoms with Crippen molar-refractivity contribution in [3.05, 3.63) is 79.9 Å². The molecule has 2 aromatic rings. The van der Waals surface area contributed by atoms with Gasteiger partial charge in [0, 0.05) is 37.1 Å². The van der Waals surface area contributed by atoms with Gasteiger partial charge in [-0.25, -0.2) is 0 Å². The van der Waals surface area contributed by atoms with Crippen LogP contribution in [-0.2, 0) is 23.9 Å². The summed E-state index contributed by atoms with van der Waals surface area (Å²) in [5, 5.41) is 39.7. The fourth-order valence-electron chi connectivity index (χ4n) is 3.27. The van der Waals surface area contributed by atoms with E-state index < -0.39 is 58.4 Å². The van der Waals surface area contributed by atoms with E-state index >= 15 is 0 Å². The van der Waals surface area contributed by atoms with Crippen molar-refractivity contribution in [2.24, 2.45) is 0 Å². The number of esters is 2. The lowest BCUT2D eigenvalue weighted by atomic mass is 9.92. The van der Waals surface area contributed by atoms with E-state index in [9.17, 15) is 39.4 Å². The molecule has 0 aromatic heterocycles. The van der Waals surface area contributed by atoms with Gasteiger partial charge in [-0.2, -0.15) is 0 Å². The maximum absolute atomic E-state index is 12.8. The van der Waals surface area contributed by atoms with Crippen LogP contribution in [0.3, 0.4) is 0 Å². The molecule has 0 aliphatic rings. The maximum atomic E-state index is 12.8. The van der Waals surface area contributed by atoms with Gasteiger partial charge in [-0.3, -0.25) is 39.4 Å². The van der Waals surface area contributed by atoms with Gasteiger partial charge >= 0.3 is 23.9 Å². The number of nitro benzene ring substituents is 2. The zero-order valence-corrected chi connectivity index (χ0v) is 18.1. The first-order valence-electron chi connectivity index (χ1n) is 10.2. The largest absolute Gasteiger partial charge is 0.481 e. The molecule has 0 aliphatic carbocycles. The highest BCUT2D eigenvalue weighted by atomic mass is 16.6. The van der Waals surface area contributed by atoms with E-state index in [1.165, 1.54) is 24.3 Å². The van der Waals surface area contributed by atoms with Crippen LogP contribution in [0.5, 0.6) is 0 Å². The summed E-state index contributed by atoms with van der Waals surface area (Å²) in [6, 6.07) is 9.44. The third kappa shape index (κ3) is 7.70. The van der Waals surface area contributed by atoms with Crippen LogP contribution in [0.15, 0.2) is 48.5 Å². The molecule has 0 radical (unpaired) electrons. The molecule has 0 aliphatic heterocycles. The molecule has 0 saturated carbocycles. The molecule has 0 fully saturated rings. The molecule has 184 valence electrons. The Bertz CT molecular complexity index is 1040. The Morgan fingerprint density at radius 1 is 0.686 bits per heavy atom. The maximum Gasteiger partial charge on any atom is 0.321 e. The van der Waals surface area contributed by atoms with Crippen LogP contribution in [0.2, 0.25) is 0 Å². The molecule has 0 bridgehead atoms. The summed E-state index contributed by atoms with van der Waals surface area (Å²) in [7, 11) is 0. The molecule has 13 heteroatoms. The van der Waals surface area contributed by atoms with E-state index in [2.05, 4.69) is 0 Å². The minimum absolute atomic E-state index is 0.187. The lowest BCUT2D eigenvalue weighted by molar-refractivity contribution is -0.385. The normalized spacial score (nSPS) is 12.2. The lowest BCUT2D eigenvalue weighted by Gasteiger charge is -2.18. The van der Waals surface area contributed by atoms with Gasteiger partial charge in [0.15, 0.2) is 0 Å². The Hall–Kier alpha value is -4.68. The van der Waals surface area contributed by atoms with Crippen molar-refractivity contribution in [2.45, 2.75) is 37.5 Å². The van der Waals surface area contributed by atoms with E-state index in [-0.39, 0.29) is 35.3 Å². The number of aliphatic carboxylic acids is 2. The number of nitro groups is 2. The Balaban J connectivity index is 2.29. The van der Waals surface area contributed by atoms with Crippen molar-refractivity contribution in [3.8, 4) is 0 Å². The lowest BCUT2D eigenvalue weighted by Crippen LogP contribution is -2.25. The smallest absolute Gasteiger partial charge is 0.321 e. The number of non-ortho nitro benzene ring substituents is 2. The van der Waals surface area contributed by atoms with Crippen molar-refractivity contribution >= 4 is 35.3 Å². The van der Waals surface area contributed by atoms with Crippen molar-refractivity contribution in [3.63, 3.8) is 0 Å². The topological polar surface area (TPSA) is 204 Å². The number of hydrogen-bond acceptors (Lipinski definition) is 9. The van der Waals surface area contributed by atoms with E-state index in [0.29, 0.717) is 0 Å². The molecule has 0 saturated heterocycles. The number of ether oxygens (including phenoxy) is 1. The van der Waals surface area contributed by atoms with Crippen molar-refractivity contribution in [1.29, 1.82) is 0 Å². The minimum Gasteiger partial charge on any atom is -0.481 e. The number of carbonyl (C=O) groups excluding carboxylic acids is 2. The SMILES string of the molecule is O=C(O)CCC(C(=O)OC(=O)C(CCC(=O)O)c1ccc([N+](=O)[O-])cc1)c1ccc([N+](=O)[O-])cc1. The summed E-state index contributed by atoms with van der Waals surface area (Å²) >= 11 is 0. The number of carboxylic acid groups (broad SMARTS) is 2. The number of carbonyl (C=O) groups is 4. The highest BCUT2D eigenvalue weighted by molar-refractivity contribution is 5.92. The van der Waals surface area contributed by atoms with Gasteiger partial charge in [-0.1, -0.05) is 24.3 Å². The summed E-state index contributed by atoms with van der Waals surface area (Å²) in [5.41, 5.74) is -0.150. The van der Waals surface area contributed by atoms with Gasteiger partial charge in [0.05, 0.1) is 21.7 Å². The first-order chi connectivity index (χ1) is 16.5. The molecule has 0 spiro atoms. The predicted octanol–water partition coefficient (Wildman–Crippen LogP) is 3.17. The third-order valence-electron chi connectivity index (χ3n) is 5.08. The molecule has 2 rings (SSSR count). The van der Waals surface area contributed by atoms with Gasteiger partial charge in [-0.05, 0) is 24.0 Å². The van der Waals surface area contributed by atoms with E-state index in [4.69, 9.17) is 14.9 Å². The monoisotopic (exact) mass is 488 g/mol. The van der Waals surface area contributed by atoms with Gasteiger partial charge < -0.3 is 14.9 Å². The van der Waals surface area contributed by atoms with Gasteiger partial charge in [0.25, 0.3) is 11.4 Å². The van der Waals surface area contributed by atoms with Crippen LogP contribution in [0, 0.1) is 20.2 Å². The van der Waals surface area contributed by atoms with E-state index in [1.54, 1.807) is 0 Å². The van der Waals surface area contributed by atoms with E-state index in [0.717, 1.165) is 24.3 Å². The van der Waals surface area contributed by atoms with Gasteiger partial charge in [-0.15, -0.1) is 0 Å². The molecule has 13 nitrogen and oxygen atoms in total. The molecule has 2 N–H and O–H groups in total. The minimum atomic E-state index is -1.24. The van der Waals surface area contributed by atoms with Crippen molar-refractivity contribution in [2.75, 3.05) is 0 Å². The van der Waals surface area contributed by atoms with Crippen LogP contribution >= 0.6 is 0 Å². The zero-order chi connectivity index (χ0) is 26.1. The molecule has 2 unspecified atom stereocenters. The van der Waals surface area contributed by atoms with Crippen molar-refractivity contribution in [1.82, 2.24) is 0 Å². The molecule has 0 heterocycles. The highest BCUT2D eigenvalue weighted by Crippen LogP contribution is 2.29. The summed E-state index contributed by atoms with van der Waals surface area (Å²) in [6.07, 6.45) is -1.46. The predicted molar refractivity (Wildman–Crippen MR) is 117 cm³/mol. The average molecular weight is 488 g/mol. The number of benzene rings is 2. The van der Waals surface area contributed by atoms with Gasteiger partial charge in [0.2, 0.25) is 0 Å². The van der Waals surface area contributed by atoms with Gasteiger partial charge in [0.1, 0.15) is 0 Å². The first-order valence-corrected chi connectivity index (χ1v) is 10.2. The second-order valence-electron chi connectivity index (χ2n) is 7.41. The number of nitrogens with zero attached hydrogens (tertiary/aromatic N) is 2. The number of rotatable bonds is 12. The second-order valence-corrected chi connectivity index (χ2v) is 7.41. The van der Waals surface area contributed by atoms with Crippen LogP contribution in [-0.4, -0.2) is 43.9 Å². The molecular weight excluding hydrogens is 468 g/mol. The summed E-state index contributed by atoms with van der Waals surface area (Å²) in [4.78, 5) is 68.1. The Labute approximate surface area is 197 Å². The highest BCUT2D eigenvalue weighted by Gasteiger charge is 2.31. The number of carboxylic acids is 2. The quantitative estimate of drug-likeness (QED) is 0.192. The van der Waals surface area contributed by atoms with Crippen LogP contribution in [0.1, 0.15) is 48.6 Å². The zero-order valence-electron chi connectivity index (χ0n) is 18.1. The van der Waals surface area contributed by atoms with Crippen molar-refractivity contribution < 1.29 is 44.0 Å². The first kappa shape index (κ1) is 26.6. The Kier molecular flexibility index (Phi) is 9.09. The second kappa shape index (κ2) is 12.0. The fraction of sp³-hybridized carbons (Fsp3) is 0.273. The standard InChI is InChI=1S/C22H20N2O11/c25-19(26)11-9-17(13-1-5-15(6-2-13)23(31)32)21(29)35-22(30)18(10-12-20(27)28)14-3-7-16(8-4-14)24(33)34/h1-8,17-18H,9-12H2,(H,25,26)(H,27,28). The van der Waals surface area contributed by atoms with Crippen LogP contribution in [0.4, 0.5) is 11.4 Å². The number of hydrogen-bond donors (Lipinski definition) is 2. The Morgan fingerprint density at radius 3 is 1.26 bits per heavy atom. The summed E-state index contributed by atoms with van der Waals surface area (Å²) < 4.78 is 4.97. The summed E-state index contributed by atoms with van der Waals surface area (Å²) in [5.74, 6) is -7.16. The molecule has 35 heavy (non-hydrogen) atoms. The summed E-state index contributed by atoms with van der Waals surface area (Å²) in [6.45, 7) is 0. The molecular formula is C22H20N2O11. The molecule has 2 aromatic carbocycles. The van der Waals surface area contributed by atoms with Crippen LogP contribution in [0.25, 0.3) is 0 Å². The fourth-order valence-corrected chi connectivity index (χ4v) is 3.27. The Morgan fingerprint density at radius 2 is 1.00 bits per heavy atom. The third-order valence-corrected chi connectivity index (χ3v) is 5.08. The molecule has 2 atom stereocenters. The molecule has 0 amide bonds. The van der Waals surface area contributed by atoms with E-state index in [1.807, 2.05) is 0 Å². The van der Waals surface area contributed by atoms with Crippen LogP contribution < -0.4 is 0 Å².